The lowest BCUT2D eigenvalue weighted by Crippen LogP contribution is -2.35. The summed E-state index contributed by atoms with van der Waals surface area (Å²) in [6, 6.07) is 0.293. The van der Waals surface area contributed by atoms with E-state index in [2.05, 4.69) is 5.32 Å². The second kappa shape index (κ2) is 8.08. The van der Waals surface area contributed by atoms with E-state index in [1.54, 1.807) is 7.11 Å². The standard InChI is InChI=1S/C12H26N2O/c1-15-9-3-6-12(13)10-14-8-7-11-4-2-5-11/h11-12,14H,2-10,13H2,1H3. The molecule has 0 aromatic rings. The molecule has 0 radical (unpaired) electrons. The molecule has 1 atom stereocenters. The van der Waals surface area contributed by atoms with E-state index in [9.17, 15) is 0 Å². The van der Waals surface area contributed by atoms with E-state index in [4.69, 9.17) is 10.5 Å². The van der Waals surface area contributed by atoms with Crippen molar-refractivity contribution in [2.24, 2.45) is 11.7 Å². The van der Waals surface area contributed by atoms with E-state index < -0.39 is 0 Å². The third-order valence-electron chi connectivity index (χ3n) is 3.28. The van der Waals surface area contributed by atoms with Crippen LogP contribution < -0.4 is 11.1 Å². The normalized spacial score (nSPS) is 18.8. The SMILES string of the molecule is COCCCC(N)CNCCC1CCC1. The number of hydrogen-bond donors (Lipinski definition) is 2. The van der Waals surface area contributed by atoms with E-state index in [1.165, 1.54) is 25.7 Å². The molecule has 1 unspecified atom stereocenters. The van der Waals surface area contributed by atoms with Crippen LogP contribution in [-0.2, 0) is 4.74 Å². The molecule has 0 heterocycles. The highest BCUT2D eigenvalue weighted by molar-refractivity contribution is 4.71. The highest BCUT2D eigenvalue weighted by Gasteiger charge is 2.16. The second-order valence-electron chi connectivity index (χ2n) is 4.68. The number of hydrogen-bond acceptors (Lipinski definition) is 3. The minimum absolute atomic E-state index is 0.293. The van der Waals surface area contributed by atoms with Crippen LogP contribution in [0.4, 0.5) is 0 Å². The first kappa shape index (κ1) is 12.9. The van der Waals surface area contributed by atoms with Crippen LogP contribution >= 0.6 is 0 Å². The first-order valence-electron chi connectivity index (χ1n) is 6.28. The van der Waals surface area contributed by atoms with Crippen LogP contribution in [0.1, 0.15) is 38.5 Å². The van der Waals surface area contributed by atoms with Gasteiger partial charge in [0.1, 0.15) is 0 Å². The molecule has 1 aliphatic carbocycles. The Hall–Kier alpha value is -0.120. The van der Waals surface area contributed by atoms with Crippen molar-refractivity contribution in [1.29, 1.82) is 0 Å². The first-order valence-corrected chi connectivity index (χ1v) is 6.28. The van der Waals surface area contributed by atoms with Gasteiger partial charge in [-0.2, -0.15) is 0 Å². The molecule has 0 amide bonds. The molecule has 0 aromatic heterocycles. The Labute approximate surface area is 93.8 Å². The van der Waals surface area contributed by atoms with Gasteiger partial charge >= 0.3 is 0 Å². The van der Waals surface area contributed by atoms with Crippen LogP contribution in [0.5, 0.6) is 0 Å². The number of nitrogens with one attached hydrogen (secondary N) is 1. The number of methoxy groups -OCH3 is 1. The summed E-state index contributed by atoms with van der Waals surface area (Å²) in [4.78, 5) is 0. The van der Waals surface area contributed by atoms with Crippen LogP contribution in [0.2, 0.25) is 0 Å². The molecule has 3 heteroatoms. The van der Waals surface area contributed by atoms with Gasteiger partial charge in [0, 0.05) is 26.3 Å². The van der Waals surface area contributed by atoms with E-state index in [0.29, 0.717) is 6.04 Å². The highest BCUT2D eigenvalue weighted by Crippen LogP contribution is 2.28. The maximum Gasteiger partial charge on any atom is 0.0462 e. The fourth-order valence-electron chi connectivity index (χ4n) is 1.97. The number of nitrogens with two attached hydrogens (primary N) is 1. The molecular weight excluding hydrogens is 188 g/mol. The van der Waals surface area contributed by atoms with Gasteiger partial charge in [0.15, 0.2) is 0 Å². The highest BCUT2D eigenvalue weighted by atomic mass is 16.5. The molecule has 0 aliphatic heterocycles. The van der Waals surface area contributed by atoms with Crippen molar-refractivity contribution < 1.29 is 4.74 Å². The zero-order valence-corrected chi connectivity index (χ0v) is 10.0. The van der Waals surface area contributed by atoms with Crippen molar-refractivity contribution in [1.82, 2.24) is 5.32 Å². The van der Waals surface area contributed by atoms with Gasteiger partial charge < -0.3 is 15.8 Å². The van der Waals surface area contributed by atoms with Gasteiger partial charge in [-0.15, -0.1) is 0 Å². The topological polar surface area (TPSA) is 47.3 Å². The van der Waals surface area contributed by atoms with Crippen molar-refractivity contribution in [3.8, 4) is 0 Å². The summed E-state index contributed by atoms with van der Waals surface area (Å²) in [6.07, 6.45) is 7.81. The summed E-state index contributed by atoms with van der Waals surface area (Å²) in [5.41, 5.74) is 5.96. The molecule has 0 bridgehead atoms. The van der Waals surface area contributed by atoms with Crippen LogP contribution in [0.15, 0.2) is 0 Å². The molecule has 0 saturated heterocycles. The average Bonchev–Trinajstić information content (AvgIpc) is 2.15. The molecule has 3 N–H and O–H groups in total. The third-order valence-corrected chi connectivity index (χ3v) is 3.28. The zero-order chi connectivity index (χ0) is 10.9. The lowest BCUT2D eigenvalue weighted by Gasteiger charge is -2.25. The number of rotatable bonds is 9. The van der Waals surface area contributed by atoms with Crippen molar-refractivity contribution in [2.75, 3.05) is 26.8 Å². The molecule has 1 fully saturated rings. The summed E-state index contributed by atoms with van der Waals surface area (Å²) in [6.45, 7) is 2.93. The zero-order valence-electron chi connectivity index (χ0n) is 10.0. The molecule has 15 heavy (non-hydrogen) atoms. The Morgan fingerprint density at radius 1 is 1.47 bits per heavy atom. The molecule has 1 rings (SSSR count). The smallest absolute Gasteiger partial charge is 0.0462 e. The fourth-order valence-corrected chi connectivity index (χ4v) is 1.97. The van der Waals surface area contributed by atoms with Gasteiger partial charge in [-0.3, -0.25) is 0 Å². The summed E-state index contributed by atoms with van der Waals surface area (Å²) in [5, 5.41) is 3.45. The fraction of sp³-hybridized carbons (Fsp3) is 1.00. The minimum atomic E-state index is 0.293. The van der Waals surface area contributed by atoms with Gasteiger partial charge in [0.2, 0.25) is 0 Å². The lowest BCUT2D eigenvalue weighted by atomic mass is 9.83. The van der Waals surface area contributed by atoms with E-state index in [-0.39, 0.29) is 0 Å². The van der Waals surface area contributed by atoms with Crippen molar-refractivity contribution in [3.05, 3.63) is 0 Å². The molecule has 90 valence electrons. The summed E-state index contributed by atoms with van der Waals surface area (Å²) in [7, 11) is 1.74. The van der Waals surface area contributed by atoms with Gasteiger partial charge in [0.25, 0.3) is 0 Å². The van der Waals surface area contributed by atoms with Crippen LogP contribution in [0, 0.1) is 5.92 Å². The molecule has 1 aliphatic rings. The Morgan fingerprint density at radius 2 is 2.27 bits per heavy atom. The molecule has 1 saturated carbocycles. The summed E-state index contributed by atoms with van der Waals surface area (Å²) >= 11 is 0. The quantitative estimate of drug-likeness (QED) is 0.572. The Balaban J connectivity index is 1.81. The van der Waals surface area contributed by atoms with Crippen molar-refractivity contribution in [3.63, 3.8) is 0 Å². The molecule has 0 aromatic carbocycles. The van der Waals surface area contributed by atoms with Crippen LogP contribution in [0.3, 0.4) is 0 Å². The number of ether oxygens (including phenoxy) is 1. The van der Waals surface area contributed by atoms with Crippen molar-refractivity contribution >= 4 is 0 Å². The first-order chi connectivity index (χ1) is 7.33. The average molecular weight is 214 g/mol. The summed E-state index contributed by atoms with van der Waals surface area (Å²) < 4.78 is 5.00. The third kappa shape index (κ3) is 6.13. The second-order valence-corrected chi connectivity index (χ2v) is 4.68. The molecular formula is C12H26N2O. The Kier molecular flexibility index (Phi) is 6.98. The Morgan fingerprint density at radius 3 is 2.87 bits per heavy atom. The Bertz CT molecular complexity index is 149. The predicted octanol–water partition coefficient (Wildman–Crippen LogP) is 1.52. The molecule has 3 nitrogen and oxygen atoms in total. The maximum atomic E-state index is 5.96. The molecule has 0 spiro atoms. The minimum Gasteiger partial charge on any atom is -0.385 e. The van der Waals surface area contributed by atoms with Gasteiger partial charge in [-0.05, 0) is 31.7 Å². The van der Waals surface area contributed by atoms with Crippen molar-refractivity contribution in [2.45, 2.75) is 44.6 Å². The largest absolute Gasteiger partial charge is 0.385 e. The van der Waals surface area contributed by atoms with Crippen LogP contribution in [0.25, 0.3) is 0 Å². The summed E-state index contributed by atoms with van der Waals surface area (Å²) in [5.74, 6) is 1.00. The maximum absolute atomic E-state index is 5.96. The van der Waals surface area contributed by atoms with E-state index in [0.717, 1.165) is 38.5 Å². The van der Waals surface area contributed by atoms with Gasteiger partial charge in [-0.1, -0.05) is 19.3 Å². The van der Waals surface area contributed by atoms with E-state index >= 15 is 0 Å². The van der Waals surface area contributed by atoms with E-state index in [1.807, 2.05) is 0 Å². The van der Waals surface area contributed by atoms with Gasteiger partial charge in [-0.25, -0.2) is 0 Å². The lowest BCUT2D eigenvalue weighted by molar-refractivity contribution is 0.190. The monoisotopic (exact) mass is 214 g/mol. The van der Waals surface area contributed by atoms with Crippen LogP contribution in [-0.4, -0.2) is 32.8 Å². The predicted molar refractivity (Wildman–Crippen MR) is 63.9 cm³/mol. The van der Waals surface area contributed by atoms with Gasteiger partial charge in [0.05, 0.1) is 0 Å².